The lowest BCUT2D eigenvalue weighted by atomic mass is 10.00. The summed E-state index contributed by atoms with van der Waals surface area (Å²) in [6.07, 6.45) is 0.687. The van der Waals surface area contributed by atoms with Gasteiger partial charge in [0.1, 0.15) is 35.9 Å². The Labute approximate surface area is 278 Å². The fourth-order valence-electron chi connectivity index (χ4n) is 4.53. The minimum atomic E-state index is -1.20. The fraction of sp³-hybridized carbons (Fsp3) is 0.438. The normalized spacial score (nSPS) is 14.1. The number of nitrogens with one attached hydrogen (secondary N) is 4. The second kappa shape index (κ2) is 19.1. The minimum absolute atomic E-state index is 0.00327. The summed E-state index contributed by atoms with van der Waals surface area (Å²) in [6, 6.07) is 6.57. The second-order valence-corrected chi connectivity index (χ2v) is 12.0. The monoisotopic (exact) mass is 672 g/mol. The van der Waals surface area contributed by atoms with E-state index >= 15 is 0 Å². The van der Waals surface area contributed by atoms with Gasteiger partial charge in [0.05, 0.1) is 12.1 Å². The summed E-state index contributed by atoms with van der Waals surface area (Å²) in [6.45, 7) is 3.67. The third-order valence-electron chi connectivity index (χ3n) is 7.09. The molecule has 2 aromatic carbocycles. The van der Waals surface area contributed by atoms with Crippen LogP contribution in [0.4, 0.5) is 0 Å². The topological polar surface area (TPSA) is 243 Å². The van der Waals surface area contributed by atoms with Crippen molar-refractivity contribution < 1.29 is 39.0 Å². The zero-order valence-electron chi connectivity index (χ0n) is 26.3. The number of nitrogens with two attached hydrogens (primary N) is 2. The van der Waals surface area contributed by atoms with Gasteiger partial charge in [-0.2, -0.15) is 12.6 Å². The molecule has 0 saturated carbocycles. The van der Waals surface area contributed by atoms with Crippen LogP contribution in [-0.4, -0.2) is 82.0 Å². The Morgan fingerprint density at radius 1 is 0.745 bits per heavy atom. The van der Waals surface area contributed by atoms with Gasteiger partial charge >= 0.3 is 0 Å². The van der Waals surface area contributed by atoms with Crippen LogP contribution in [0.5, 0.6) is 11.5 Å². The molecule has 256 valence electrons. The van der Waals surface area contributed by atoms with Crippen LogP contribution in [0.25, 0.3) is 0 Å². The Kier molecular flexibility index (Phi) is 15.7. The van der Waals surface area contributed by atoms with Crippen molar-refractivity contribution in [2.45, 2.75) is 76.2 Å². The molecular formula is C32H44N6O8S. The summed E-state index contributed by atoms with van der Waals surface area (Å²) in [5.41, 5.74) is 12.3. The molecule has 10 N–H and O–H groups in total. The zero-order valence-corrected chi connectivity index (χ0v) is 27.2. The molecule has 0 fully saturated rings. The average molecular weight is 673 g/mol. The SMILES string of the molecule is CC(C)C[C@H](NC(=O)[C@H](Cc1ccc(O)cc1)NC(=O)[C@@H](N)CCC(N)=O)C(=O)N[C@@H](CS)C(=O)N[C@H](C=O)Cc1ccc(O)cc1. The van der Waals surface area contributed by atoms with Crippen LogP contribution < -0.4 is 32.7 Å². The molecule has 0 unspecified atom stereocenters. The number of hydrogen-bond acceptors (Lipinski definition) is 10. The lowest BCUT2D eigenvalue weighted by molar-refractivity contribution is -0.134. The lowest BCUT2D eigenvalue weighted by Crippen LogP contribution is -2.59. The standard InChI is InChI=1S/C32H44N6O8S/c1-18(2)13-25(30(44)38-27(17-47)32(46)35-21(16-39)14-19-3-7-22(40)8-4-19)37-31(45)26(15-20-5-9-23(41)10-6-20)36-29(43)24(33)11-12-28(34)42/h3-10,16,18,21,24-27,40-41,47H,11-15,17,33H2,1-2H3,(H2,34,42)(H,35,46)(H,36,43)(H,37,45)(H,38,44)/t21-,24-,25-,26-,27-/m0/s1. The maximum Gasteiger partial charge on any atom is 0.244 e. The number of phenols is 2. The molecule has 0 heterocycles. The number of rotatable bonds is 19. The van der Waals surface area contributed by atoms with Gasteiger partial charge in [-0.1, -0.05) is 38.1 Å². The van der Waals surface area contributed by atoms with Crippen molar-refractivity contribution in [1.82, 2.24) is 21.3 Å². The van der Waals surface area contributed by atoms with Gasteiger partial charge in [-0.15, -0.1) is 0 Å². The molecule has 0 saturated heterocycles. The summed E-state index contributed by atoms with van der Waals surface area (Å²) in [5.74, 6) is -3.55. The van der Waals surface area contributed by atoms with Gasteiger partial charge in [0.25, 0.3) is 0 Å². The highest BCUT2D eigenvalue weighted by molar-refractivity contribution is 7.80. The molecule has 2 rings (SSSR count). The molecule has 0 bridgehead atoms. The summed E-state index contributed by atoms with van der Waals surface area (Å²) in [7, 11) is 0. The first-order chi connectivity index (χ1) is 22.2. The van der Waals surface area contributed by atoms with Gasteiger partial charge in [-0.3, -0.25) is 24.0 Å². The number of hydrogen-bond donors (Lipinski definition) is 9. The highest BCUT2D eigenvalue weighted by Gasteiger charge is 2.31. The van der Waals surface area contributed by atoms with Crippen molar-refractivity contribution in [2.75, 3.05) is 5.75 Å². The third-order valence-corrected chi connectivity index (χ3v) is 7.45. The molecular weight excluding hydrogens is 628 g/mol. The van der Waals surface area contributed by atoms with Crippen LogP contribution in [-0.2, 0) is 41.6 Å². The Morgan fingerprint density at radius 2 is 1.21 bits per heavy atom. The number of aromatic hydroxyl groups is 2. The zero-order chi connectivity index (χ0) is 35.1. The first-order valence-corrected chi connectivity index (χ1v) is 15.7. The number of benzene rings is 2. The average Bonchev–Trinajstić information content (AvgIpc) is 3.02. The number of carbonyl (C=O) groups is 6. The lowest BCUT2D eigenvalue weighted by Gasteiger charge is -2.27. The van der Waals surface area contributed by atoms with Crippen LogP contribution in [0.15, 0.2) is 48.5 Å². The molecule has 0 aliphatic rings. The number of thiol groups is 1. The van der Waals surface area contributed by atoms with Crippen LogP contribution in [0.2, 0.25) is 0 Å². The molecule has 14 nitrogen and oxygen atoms in total. The summed E-state index contributed by atoms with van der Waals surface area (Å²) < 4.78 is 0. The third kappa shape index (κ3) is 13.7. The molecule has 0 radical (unpaired) electrons. The predicted molar refractivity (Wildman–Crippen MR) is 177 cm³/mol. The number of carbonyl (C=O) groups excluding carboxylic acids is 6. The van der Waals surface area contributed by atoms with E-state index in [2.05, 4.69) is 33.9 Å². The predicted octanol–water partition coefficient (Wildman–Crippen LogP) is -0.410. The van der Waals surface area contributed by atoms with E-state index in [1.807, 2.05) is 13.8 Å². The van der Waals surface area contributed by atoms with Crippen molar-refractivity contribution >= 4 is 48.5 Å². The smallest absolute Gasteiger partial charge is 0.244 e. The summed E-state index contributed by atoms with van der Waals surface area (Å²) >= 11 is 4.20. The van der Waals surface area contributed by atoms with E-state index in [-0.39, 0.29) is 55.3 Å². The highest BCUT2D eigenvalue weighted by atomic mass is 32.1. The van der Waals surface area contributed by atoms with E-state index in [0.717, 1.165) is 0 Å². The van der Waals surface area contributed by atoms with Crippen molar-refractivity contribution in [3.05, 3.63) is 59.7 Å². The van der Waals surface area contributed by atoms with Crippen molar-refractivity contribution in [3.8, 4) is 11.5 Å². The highest BCUT2D eigenvalue weighted by Crippen LogP contribution is 2.14. The van der Waals surface area contributed by atoms with E-state index in [4.69, 9.17) is 11.5 Å². The Morgan fingerprint density at radius 3 is 1.70 bits per heavy atom. The molecule has 2 aromatic rings. The first-order valence-electron chi connectivity index (χ1n) is 15.1. The number of phenolic OH excluding ortho intramolecular Hbond substituents is 2. The van der Waals surface area contributed by atoms with E-state index in [9.17, 15) is 39.0 Å². The van der Waals surface area contributed by atoms with E-state index in [0.29, 0.717) is 17.4 Å². The van der Waals surface area contributed by atoms with Gasteiger partial charge in [-0.05, 0) is 60.6 Å². The van der Waals surface area contributed by atoms with Gasteiger partial charge < -0.3 is 47.7 Å². The molecule has 5 amide bonds. The molecule has 5 atom stereocenters. The maximum atomic E-state index is 13.6. The second-order valence-electron chi connectivity index (χ2n) is 11.6. The Bertz CT molecular complexity index is 1370. The number of aldehydes is 1. The number of amides is 5. The van der Waals surface area contributed by atoms with Gasteiger partial charge in [0.15, 0.2) is 0 Å². The van der Waals surface area contributed by atoms with Gasteiger partial charge in [-0.25, -0.2) is 0 Å². The van der Waals surface area contributed by atoms with Crippen molar-refractivity contribution in [2.24, 2.45) is 17.4 Å². The van der Waals surface area contributed by atoms with Crippen molar-refractivity contribution in [3.63, 3.8) is 0 Å². The quantitative estimate of drug-likeness (QED) is 0.0695. The summed E-state index contributed by atoms with van der Waals surface area (Å²) in [5, 5.41) is 29.5. The van der Waals surface area contributed by atoms with Gasteiger partial charge in [0.2, 0.25) is 29.5 Å². The molecule has 15 heteroatoms. The minimum Gasteiger partial charge on any atom is -0.508 e. The van der Waals surface area contributed by atoms with Crippen LogP contribution in [0.3, 0.4) is 0 Å². The molecule has 47 heavy (non-hydrogen) atoms. The van der Waals surface area contributed by atoms with E-state index < -0.39 is 59.7 Å². The molecule has 0 aromatic heterocycles. The van der Waals surface area contributed by atoms with E-state index in [1.165, 1.54) is 24.3 Å². The van der Waals surface area contributed by atoms with Crippen molar-refractivity contribution in [1.29, 1.82) is 0 Å². The molecule has 0 aliphatic carbocycles. The fourth-order valence-corrected chi connectivity index (χ4v) is 4.79. The van der Waals surface area contributed by atoms with Crippen LogP contribution >= 0.6 is 12.6 Å². The number of primary amides is 1. The molecule has 0 aliphatic heterocycles. The van der Waals surface area contributed by atoms with E-state index in [1.54, 1.807) is 24.3 Å². The Hall–Kier alpha value is -4.63. The van der Waals surface area contributed by atoms with Crippen LogP contribution in [0, 0.1) is 5.92 Å². The molecule has 0 spiro atoms. The first kappa shape index (κ1) is 38.6. The van der Waals surface area contributed by atoms with Crippen LogP contribution in [0.1, 0.15) is 44.2 Å². The maximum absolute atomic E-state index is 13.6. The largest absolute Gasteiger partial charge is 0.508 e. The van der Waals surface area contributed by atoms with Gasteiger partial charge in [0, 0.05) is 18.6 Å². The summed E-state index contributed by atoms with van der Waals surface area (Å²) in [4.78, 5) is 75.8. The Balaban J connectivity index is 2.18.